The minimum atomic E-state index is -0.0231. The number of hydrogen-bond donors (Lipinski definition) is 1. The van der Waals surface area contributed by atoms with E-state index in [1.807, 2.05) is 25.1 Å². The average molecular weight is 345 g/mol. The number of benzene rings is 1. The first-order valence-corrected chi connectivity index (χ1v) is 7.99. The molecule has 2 unspecified atom stereocenters. The smallest absolute Gasteiger partial charge is 0.252 e. The van der Waals surface area contributed by atoms with Crippen LogP contribution in [-0.4, -0.2) is 17.8 Å². The number of hydrogen-bond acceptors (Lipinski definition) is 1. The summed E-state index contributed by atoms with van der Waals surface area (Å²) < 4.78 is 0.835. The maximum atomic E-state index is 12.2. The van der Waals surface area contributed by atoms with Crippen LogP contribution in [0.3, 0.4) is 0 Å². The Hall–Kier alpha value is -0.540. The fourth-order valence-electron chi connectivity index (χ4n) is 2.52. The van der Waals surface area contributed by atoms with Gasteiger partial charge >= 0.3 is 0 Å². The van der Waals surface area contributed by atoms with E-state index in [0.717, 1.165) is 22.9 Å². The number of alkyl halides is 1. The van der Waals surface area contributed by atoms with Crippen molar-refractivity contribution in [2.24, 2.45) is 5.92 Å². The van der Waals surface area contributed by atoms with E-state index in [0.29, 0.717) is 18.0 Å². The highest BCUT2D eigenvalue weighted by molar-refractivity contribution is 9.10. The molecule has 1 fully saturated rings. The molecule has 0 aliphatic heterocycles. The van der Waals surface area contributed by atoms with E-state index in [-0.39, 0.29) is 11.3 Å². The van der Waals surface area contributed by atoms with E-state index < -0.39 is 0 Å². The van der Waals surface area contributed by atoms with Gasteiger partial charge in [0.1, 0.15) is 0 Å². The maximum Gasteiger partial charge on any atom is 0.252 e. The number of aryl methyl sites for hydroxylation is 1. The molecule has 0 heterocycles. The molecule has 1 aliphatic rings. The summed E-state index contributed by atoms with van der Waals surface area (Å²) in [4.78, 5) is 12.2. The van der Waals surface area contributed by atoms with E-state index in [9.17, 15) is 4.79 Å². The van der Waals surface area contributed by atoms with Crippen molar-refractivity contribution >= 4 is 33.4 Å². The van der Waals surface area contributed by atoms with Gasteiger partial charge in [0, 0.05) is 16.4 Å². The van der Waals surface area contributed by atoms with Crippen LogP contribution in [0.1, 0.15) is 41.6 Å². The van der Waals surface area contributed by atoms with Crippen molar-refractivity contribution in [3.05, 3.63) is 33.8 Å². The Kier molecular flexibility index (Phi) is 5.28. The maximum absolute atomic E-state index is 12.2. The quantitative estimate of drug-likeness (QED) is 0.815. The van der Waals surface area contributed by atoms with Gasteiger partial charge in [0.05, 0.1) is 5.56 Å². The summed E-state index contributed by atoms with van der Waals surface area (Å²) in [6.07, 6.45) is 4.61. The lowest BCUT2D eigenvalue weighted by Crippen LogP contribution is -2.34. The van der Waals surface area contributed by atoms with Crippen LogP contribution in [-0.2, 0) is 0 Å². The van der Waals surface area contributed by atoms with Crippen LogP contribution in [0.15, 0.2) is 22.7 Å². The SMILES string of the molecule is Cc1ccc(Br)c(C(=O)NCC2CCCCC2Cl)c1. The molecule has 1 amide bonds. The van der Waals surface area contributed by atoms with Crippen LogP contribution >= 0.6 is 27.5 Å². The predicted octanol–water partition coefficient (Wildman–Crippen LogP) is 4.28. The molecular weight excluding hydrogens is 326 g/mol. The Morgan fingerprint density at radius 3 is 2.89 bits per heavy atom. The molecule has 1 N–H and O–H groups in total. The Morgan fingerprint density at radius 1 is 1.42 bits per heavy atom. The third kappa shape index (κ3) is 3.96. The average Bonchev–Trinajstić information content (AvgIpc) is 2.40. The zero-order chi connectivity index (χ0) is 13.8. The predicted molar refractivity (Wildman–Crippen MR) is 82.8 cm³/mol. The second kappa shape index (κ2) is 6.76. The highest BCUT2D eigenvalue weighted by atomic mass is 79.9. The largest absolute Gasteiger partial charge is 0.352 e. The number of amides is 1. The molecule has 1 aromatic rings. The molecule has 19 heavy (non-hydrogen) atoms. The topological polar surface area (TPSA) is 29.1 Å². The third-order valence-electron chi connectivity index (χ3n) is 3.71. The first kappa shape index (κ1) is 14.9. The summed E-state index contributed by atoms with van der Waals surface area (Å²) in [5, 5.41) is 3.22. The van der Waals surface area contributed by atoms with E-state index in [4.69, 9.17) is 11.6 Å². The van der Waals surface area contributed by atoms with Gasteiger partial charge in [-0.25, -0.2) is 0 Å². The molecule has 0 aromatic heterocycles. The molecule has 2 nitrogen and oxygen atoms in total. The first-order valence-electron chi connectivity index (χ1n) is 6.76. The number of nitrogens with one attached hydrogen (secondary N) is 1. The van der Waals surface area contributed by atoms with Crippen molar-refractivity contribution in [1.29, 1.82) is 0 Å². The van der Waals surface area contributed by atoms with Gasteiger partial charge in [0.15, 0.2) is 0 Å². The molecule has 1 aromatic carbocycles. The molecule has 2 rings (SSSR count). The van der Waals surface area contributed by atoms with Crippen molar-refractivity contribution in [2.75, 3.05) is 6.54 Å². The van der Waals surface area contributed by atoms with Crippen molar-refractivity contribution in [2.45, 2.75) is 38.0 Å². The lowest BCUT2D eigenvalue weighted by atomic mass is 9.88. The molecule has 0 bridgehead atoms. The van der Waals surface area contributed by atoms with Crippen LogP contribution in [0.4, 0.5) is 0 Å². The second-order valence-electron chi connectivity index (χ2n) is 5.25. The normalized spacial score (nSPS) is 23.1. The highest BCUT2D eigenvalue weighted by Gasteiger charge is 2.23. The Balaban J connectivity index is 1.95. The van der Waals surface area contributed by atoms with E-state index in [1.165, 1.54) is 12.8 Å². The zero-order valence-electron chi connectivity index (χ0n) is 11.1. The van der Waals surface area contributed by atoms with Crippen LogP contribution in [0.25, 0.3) is 0 Å². The summed E-state index contributed by atoms with van der Waals surface area (Å²) in [6, 6.07) is 5.80. The Morgan fingerprint density at radius 2 is 2.16 bits per heavy atom. The van der Waals surface area contributed by atoms with E-state index in [2.05, 4.69) is 21.2 Å². The summed E-state index contributed by atoms with van der Waals surface area (Å²) in [5.74, 6) is 0.382. The summed E-state index contributed by atoms with van der Waals surface area (Å²) in [7, 11) is 0. The van der Waals surface area contributed by atoms with Crippen molar-refractivity contribution in [1.82, 2.24) is 5.32 Å². The summed E-state index contributed by atoms with van der Waals surface area (Å²) >= 11 is 9.73. The standard InChI is InChI=1S/C15H19BrClNO/c1-10-6-7-13(16)12(8-10)15(19)18-9-11-4-2-3-5-14(11)17/h6-8,11,14H,2-5,9H2,1H3,(H,18,19). The van der Waals surface area contributed by atoms with Gasteiger partial charge in [-0.05, 0) is 53.7 Å². The van der Waals surface area contributed by atoms with Crippen molar-refractivity contribution < 1.29 is 4.79 Å². The summed E-state index contributed by atoms with van der Waals surface area (Å²) in [6.45, 7) is 2.66. The Bertz CT molecular complexity index is 463. The lowest BCUT2D eigenvalue weighted by Gasteiger charge is -2.27. The molecule has 4 heteroatoms. The fourth-order valence-corrected chi connectivity index (χ4v) is 3.32. The fraction of sp³-hybridized carbons (Fsp3) is 0.533. The van der Waals surface area contributed by atoms with Gasteiger partial charge in [0.2, 0.25) is 0 Å². The second-order valence-corrected chi connectivity index (χ2v) is 6.67. The van der Waals surface area contributed by atoms with Gasteiger partial charge in [-0.15, -0.1) is 11.6 Å². The zero-order valence-corrected chi connectivity index (χ0v) is 13.4. The van der Waals surface area contributed by atoms with Crippen molar-refractivity contribution in [3.63, 3.8) is 0 Å². The number of carbonyl (C=O) groups excluding carboxylic acids is 1. The highest BCUT2D eigenvalue weighted by Crippen LogP contribution is 2.28. The van der Waals surface area contributed by atoms with Crippen LogP contribution in [0.2, 0.25) is 0 Å². The number of halogens is 2. The van der Waals surface area contributed by atoms with Crippen LogP contribution in [0.5, 0.6) is 0 Å². The molecule has 0 spiro atoms. The number of carbonyl (C=O) groups is 1. The van der Waals surface area contributed by atoms with Crippen LogP contribution < -0.4 is 5.32 Å². The summed E-state index contributed by atoms with van der Waals surface area (Å²) in [5.41, 5.74) is 1.78. The molecular formula is C15H19BrClNO. The molecule has 2 atom stereocenters. The lowest BCUT2D eigenvalue weighted by molar-refractivity contribution is 0.0943. The van der Waals surface area contributed by atoms with Gasteiger partial charge in [-0.1, -0.05) is 24.5 Å². The Labute approximate surface area is 128 Å². The first-order chi connectivity index (χ1) is 9.08. The third-order valence-corrected chi connectivity index (χ3v) is 4.97. The minimum Gasteiger partial charge on any atom is -0.352 e. The number of rotatable bonds is 3. The molecule has 0 saturated heterocycles. The van der Waals surface area contributed by atoms with Gasteiger partial charge < -0.3 is 5.32 Å². The van der Waals surface area contributed by atoms with Gasteiger partial charge in [0.25, 0.3) is 5.91 Å². The van der Waals surface area contributed by atoms with Crippen molar-refractivity contribution in [3.8, 4) is 0 Å². The van der Waals surface area contributed by atoms with Crippen LogP contribution in [0, 0.1) is 12.8 Å². The molecule has 0 radical (unpaired) electrons. The molecule has 1 saturated carbocycles. The van der Waals surface area contributed by atoms with Gasteiger partial charge in [-0.3, -0.25) is 4.79 Å². The molecule has 104 valence electrons. The minimum absolute atomic E-state index is 0.0231. The van der Waals surface area contributed by atoms with E-state index >= 15 is 0 Å². The van der Waals surface area contributed by atoms with Gasteiger partial charge in [-0.2, -0.15) is 0 Å². The van der Waals surface area contributed by atoms with E-state index in [1.54, 1.807) is 0 Å². The molecule has 1 aliphatic carbocycles. The monoisotopic (exact) mass is 343 g/mol.